The molecular formula is C36H68N2O12. The summed E-state index contributed by atoms with van der Waals surface area (Å²) in [4.78, 5) is 14.1. The Morgan fingerprint density at radius 1 is 0.940 bits per heavy atom. The van der Waals surface area contributed by atoms with E-state index in [2.05, 4.69) is 5.32 Å². The van der Waals surface area contributed by atoms with Crippen LogP contribution in [0.2, 0.25) is 0 Å². The Balaban J connectivity index is 2.17. The summed E-state index contributed by atoms with van der Waals surface area (Å²) in [6, 6.07) is -1.03. The van der Waals surface area contributed by atoms with Gasteiger partial charge in [0.15, 0.2) is 12.6 Å². The first-order chi connectivity index (χ1) is 23.1. The Morgan fingerprint density at radius 2 is 1.56 bits per heavy atom. The molecule has 0 aromatic heterocycles. The molecule has 3 heterocycles. The molecule has 50 heavy (non-hydrogen) atoms. The number of carbonyl (C=O) groups excluding carboxylic acids is 1. The smallest absolute Gasteiger partial charge is 0.311 e. The number of ether oxygens (including phenoxy) is 6. The molecule has 0 aromatic rings. The van der Waals surface area contributed by atoms with Crippen LogP contribution in [0.5, 0.6) is 0 Å². The van der Waals surface area contributed by atoms with E-state index in [4.69, 9.17) is 34.2 Å². The predicted molar refractivity (Wildman–Crippen MR) is 185 cm³/mol. The third-order valence-electron chi connectivity index (χ3n) is 11.9. The lowest BCUT2D eigenvalue weighted by molar-refractivity contribution is -0.316. The number of hydrogen-bond acceptors (Lipinski definition) is 14. The fraction of sp³-hybridized carbons (Fsp3) is 0.972. The van der Waals surface area contributed by atoms with Gasteiger partial charge in [0.1, 0.15) is 23.9 Å². The average Bonchev–Trinajstić information content (AvgIpc) is 3.05. The zero-order valence-corrected chi connectivity index (χ0v) is 32.2. The van der Waals surface area contributed by atoms with Gasteiger partial charge >= 0.3 is 5.97 Å². The average molecular weight is 721 g/mol. The number of aliphatic hydroxyl groups is 5. The van der Waals surface area contributed by atoms with Crippen LogP contribution in [0.15, 0.2) is 0 Å². The summed E-state index contributed by atoms with van der Waals surface area (Å²) in [5, 5.41) is 60.8. The van der Waals surface area contributed by atoms with E-state index in [0.717, 1.165) is 0 Å². The van der Waals surface area contributed by atoms with Crippen LogP contribution in [0.25, 0.3) is 0 Å². The number of hydrogen-bond donors (Lipinski definition) is 7. The van der Waals surface area contributed by atoms with Crippen molar-refractivity contribution in [3.8, 4) is 0 Å². The van der Waals surface area contributed by atoms with Crippen molar-refractivity contribution in [3.63, 3.8) is 0 Å². The summed E-state index contributed by atoms with van der Waals surface area (Å²) in [7, 11) is 3.24. The molecule has 0 bridgehead atoms. The van der Waals surface area contributed by atoms with Gasteiger partial charge in [0.05, 0.1) is 47.6 Å². The molecule has 3 rings (SSSR count). The summed E-state index contributed by atoms with van der Waals surface area (Å²) in [6.45, 7) is 17.1. The molecule has 8 N–H and O–H groups in total. The summed E-state index contributed by atoms with van der Waals surface area (Å²) in [5.41, 5.74) is 2.19. The molecule has 14 nitrogen and oxygen atoms in total. The Hall–Kier alpha value is -1.01. The van der Waals surface area contributed by atoms with Gasteiger partial charge in [-0.2, -0.15) is 0 Å². The number of methoxy groups -OCH3 is 1. The van der Waals surface area contributed by atoms with Crippen molar-refractivity contribution in [2.75, 3.05) is 14.2 Å². The van der Waals surface area contributed by atoms with E-state index in [9.17, 15) is 30.3 Å². The minimum absolute atomic E-state index is 0.0872. The van der Waals surface area contributed by atoms with Crippen LogP contribution in [0.1, 0.15) is 94.9 Å². The van der Waals surface area contributed by atoms with Crippen molar-refractivity contribution < 1.29 is 58.7 Å². The predicted octanol–water partition coefficient (Wildman–Crippen LogP) is 1.20. The fourth-order valence-electron chi connectivity index (χ4n) is 8.43. The van der Waals surface area contributed by atoms with E-state index in [1.807, 2.05) is 13.8 Å². The molecule has 294 valence electrons. The molecule has 3 fully saturated rings. The van der Waals surface area contributed by atoms with Gasteiger partial charge in [-0.1, -0.05) is 27.7 Å². The highest BCUT2D eigenvalue weighted by Gasteiger charge is 2.53. The van der Waals surface area contributed by atoms with Crippen molar-refractivity contribution >= 4 is 5.97 Å². The van der Waals surface area contributed by atoms with Crippen LogP contribution in [0, 0.1) is 23.7 Å². The molecule has 0 amide bonds. The molecule has 14 heteroatoms. The van der Waals surface area contributed by atoms with Crippen molar-refractivity contribution in [3.05, 3.63) is 0 Å². The monoisotopic (exact) mass is 720 g/mol. The van der Waals surface area contributed by atoms with Gasteiger partial charge in [0.2, 0.25) is 0 Å². The van der Waals surface area contributed by atoms with E-state index >= 15 is 0 Å². The summed E-state index contributed by atoms with van der Waals surface area (Å²) in [5.74, 6) is -3.57. The second kappa shape index (κ2) is 17.0. The fourth-order valence-corrected chi connectivity index (χ4v) is 8.43. The van der Waals surface area contributed by atoms with E-state index in [-0.39, 0.29) is 31.4 Å². The lowest BCUT2D eigenvalue weighted by atomic mass is 9.72. The Labute approximate surface area is 298 Å². The molecule has 0 spiro atoms. The van der Waals surface area contributed by atoms with Crippen LogP contribution in [-0.4, -0.2) is 136 Å². The molecule has 19 atom stereocenters. The lowest BCUT2D eigenvalue weighted by Gasteiger charge is -2.49. The molecule has 0 radical (unpaired) electrons. The maximum absolute atomic E-state index is 14.1. The highest BCUT2D eigenvalue weighted by molar-refractivity contribution is 5.73. The van der Waals surface area contributed by atoms with Crippen LogP contribution >= 0.6 is 0 Å². The van der Waals surface area contributed by atoms with E-state index in [1.165, 1.54) is 14.0 Å². The minimum atomic E-state index is -1.85. The molecule has 3 saturated heterocycles. The van der Waals surface area contributed by atoms with Gasteiger partial charge in [-0.25, -0.2) is 0 Å². The Morgan fingerprint density at radius 3 is 2.12 bits per heavy atom. The van der Waals surface area contributed by atoms with Crippen LogP contribution in [-0.2, 0) is 33.2 Å². The molecule has 0 aliphatic carbocycles. The summed E-state index contributed by atoms with van der Waals surface area (Å²) >= 11 is 0. The van der Waals surface area contributed by atoms with Crippen LogP contribution < -0.4 is 11.1 Å². The van der Waals surface area contributed by atoms with E-state index < -0.39 is 108 Å². The van der Waals surface area contributed by atoms with Crippen molar-refractivity contribution in [1.82, 2.24) is 5.32 Å². The minimum Gasteiger partial charge on any atom is -0.459 e. The number of nitrogens with two attached hydrogens (primary N) is 1. The molecule has 3 aliphatic rings. The van der Waals surface area contributed by atoms with Gasteiger partial charge < -0.3 is 65.0 Å². The standard InChI is InChI=1S/C36H68N2O12/c1-13-24-36(10,44)29(40)19(4)26(37)17(2)15-34(8,43)31(50-33-27(39)23(38-11)14-18(3)46-33)20(5)28(21(6)32(42)48-24)49-25-16-35(9,45-12)30(41)22(7)47-25/h17-31,33,38-41,43-44H,13-16,37H2,1-12H3. The zero-order valence-electron chi connectivity index (χ0n) is 32.2. The summed E-state index contributed by atoms with van der Waals surface area (Å²) < 4.78 is 37.1. The van der Waals surface area contributed by atoms with Gasteiger partial charge in [-0.15, -0.1) is 0 Å². The van der Waals surface area contributed by atoms with Gasteiger partial charge in [0, 0.05) is 37.5 Å². The first kappa shape index (κ1) is 43.4. The van der Waals surface area contributed by atoms with Gasteiger partial charge in [-0.3, -0.25) is 4.79 Å². The van der Waals surface area contributed by atoms with Crippen LogP contribution in [0.4, 0.5) is 0 Å². The second-order valence-corrected chi connectivity index (χ2v) is 16.2. The number of nitrogens with one attached hydrogen (secondary N) is 1. The molecule has 0 aromatic carbocycles. The van der Waals surface area contributed by atoms with E-state index in [0.29, 0.717) is 6.42 Å². The first-order valence-corrected chi connectivity index (χ1v) is 18.3. The largest absolute Gasteiger partial charge is 0.459 e. The first-order valence-electron chi connectivity index (χ1n) is 18.3. The molecular weight excluding hydrogens is 652 g/mol. The normalized spacial score (nSPS) is 51.8. The number of carbonyl (C=O) groups is 1. The Kier molecular flexibility index (Phi) is 14.7. The highest BCUT2D eigenvalue weighted by atomic mass is 16.7. The topological polar surface area (TPSA) is 212 Å². The maximum atomic E-state index is 14.1. The molecule has 19 unspecified atom stereocenters. The van der Waals surface area contributed by atoms with Gasteiger partial charge in [-0.05, 0) is 73.8 Å². The third kappa shape index (κ3) is 9.19. The number of aliphatic hydroxyl groups excluding tert-OH is 3. The van der Waals surface area contributed by atoms with Crippen molar-refractivity contribution in [1.29, 1.82) is 0 Å². The number of esters is 1. The number of likely N-dealkylation sites (N-methyl/N-ethyl adjacent to an activating group) is 1. The number of cyclic esters (lactones) is 1. The van der Waals surface area contributed by atoms with Crippen molar-refractivity contribution in [2.24, 2.45) is 29.4 Å². The third-order valence-corrected chi connectivity index (χ3v) is 11.9. The highest BCUT2D eigenvalue weighted by Crippen LogP contribution is 2.41. The van der Waals surface area contributed by atoms with Crippen molar-refractivity contribution in [2.45, 2.75) is 185 Å². The quantitative estimate of drug-likeness (QED) is 0.184. The maximum Gasteiger partial charge on any atom is 0.311 e. The van der Waals surface area contributed by atoms with Crippen LogP contribution in [0.3, 0.4) is 0 Å². The zero-order chi connectivity index (χ0) is 38.1. The lowest BCUT2D eigenvalue weighted by Crippen LogP contribution is -2.61. The van der Waals surface area contributed by atoms with E-state index in [1.54, 1.807) is 55.5 Å². The second-order valence-electron chi connectivity index (χ2n) is 16.2. The SMILES string of the molecule is CCC1OC(=O)C(C)C(OC2CC(C)(OC)C(O)C(C)O2)C(C)C(OC2OC(C)CC(NC)C2O)C(C)(O)CC(C)C(N)C(C)C(O)C1(C)O. The molecule has 0 saturated carbocycles. The Bertz CT molecular complexity index is 1100. The summed E-state index contributed by atoms with van der Waals surface area (Å²) in [6.07, 6.45) is -8.72. The number of rotatable bonds is 7. The molecule has 3 aliphatic heterocycles. The van der Waals surface area contributed by atoms with Gasteiger partial charge in [0.25, 0.3) is 0 Å².